The molecular formula is C14H10BrClINO. The van der Waals surface area contributed by atoms with Crippen molar-refractivity contribution in [2.75, 3.05) is 5.32 Å². The summed E-state index contributed by atoms with van der Waals surface area (Å²) in [5.74, 6) is -0.167. The standard InChI is InChI=1S/C14H10BrClINO/c1-8-12(17)3-2-4-13(8)18-14(19)9-5-6-10(15)11(16)7-9/h2-7H,1H3,(H,18,19). The Bertz CT molecular complexity index is 645. The first-order valence-electron chi connectivity index (χ1n) is 5.50. The molecular weight excluding hydrogens is 440 g/mol. The van der Waals surface area contributed by atoms with Gasteiger partial charge in [-0.3, -0.25) is 4.79 Å². The molecule has 0 saturated carbocycles. The zero-order chi connectivity index (χ0) is 14.0. The second kappa shape index (κ2) is 6.24. The maximum Gasteiger partial charge on any atom is 0.255 e. The van der Waals surface area contributed by atoms with Crippen molar-refractivity contribution in [1.82, 2.24) is 0 Å². The van der Waals surface area contributed by atoms with E-state index in [2.05, 4.69) is 43.8 Å². The maximum absolute atomic E-state index is 12.2. The van der Waals surface area contributed by atoms with E-state index in [1.54, 1.807) is 18.2 Å². The van der Waals surface area contributed by atoms with Gasteiger partial charge in [-0.05, 0) is 81.3 Å². The van der Waals surface area contributed by atoms with Crippen LogP contribution < -0.4 is 5.32 Å². The molecule has 0 heterocycles. The Labute approximate surface area is 138 Å². The van der Waals surface area contributed by atoms with Gasteiger partial charge in [0, 0.05) is 19.3 Å². The van der Waals surface area contributed by atoms with Crippen LogP contribution in [0.15, 0.2) is 40.9 Å². The Kier molecular flexibility index (Phi) is 4.86. The topological polar surface area (TPSA) is 29.1 Å². The van der Waals surface area contributed by atoms with Gasteiger partial charge in [-0.2, -0.15) is 0 Å². The third kappa shape index (κ3) is 3.49. The number of carbonyl (C=O) groups excluding carboxylic acids is 1. The number of hydrogen-bond acceptors (Lipinski definition) is 1. The fourth-order valence-electron chi connectivity index (χ4n) is 1.57. The van der Waals surface area contributed by atoms with Gasteiger partial charge in [0.2, 0.25) is 0 Å². The molecule has 0 atom stereocenters. The van der Waals surface area contributed by atoms with E-state index in [1.165, 1.54) is 0 Å². The van der Waals surface area contributed by atoms with Gasteiger partial charge in [-0.25, -0.2) is 0 Å². The molecule has 5 heteroatoms. The van der Waals surface area contributed by atoms with E-state index < -0.39 is 0 Å². The molecule has 0 unspecified atom stereocenters. The molecule has 98 valence electrons. The fourth-order valence-corrected chi connectivity index (χ4v) is 2.50. The minimum atomic E-state index is -0.167. The lowest BCUT2D eigenvalue weighted by Gasteiger charge is -2.10. The molecule has 2 aromatic rings. The molecule has 0 aromatic heterocycles. The number of nitrogens with one attached hydrogen (secondary N) is 1. The molecule has 1 amide bonds. The molecule has 0 radical (unpaired) electrons. The van der Waals surface area contributed by atoms with Crippen LogP contribution in [0.5, 0.6) is 0 Å². The van der Waals surface area contributed by atoms with Crippen LogP contribution >= 0.6 is 50.1 Å². The van der Waals surface area contributed by atoms with Crippen LogP contribution in [0, 0.1) is 10.5 Å². The number of halogens is 3. The molecule has 1 N–H and O–H groups in total. The van der Waals surface area contributed by atoms with Gasteiger partial charge in [0.05, 0.1) is 5.02 Å². The summed E-state index contributed by atoms with van der Waals surface area (Å²) in [4.78, 5) is 12.2. The van der Waals surface area contributed by atoms with Crippen molar-refractivity contribution in [3.63, 3.8) is 0 Å². The third-order valence-electron chi connectivity index (χ3n) is 2.70. The van der Waals surface area contributed by atoms with Crippen molar-refractivity contribution in [2.45, 2.75) is 6.92 Å². The summed E-state index contributed by atoms with van der Waals surface area (Å²) in [6, 6.07) is 10.9. The molecule has 2 nitrogen and oxygen atoms in total. The molecule has 0 saturated heterocycles. The van der Waals surface area contributed by atoms with E-state index in [0.29, 0.717) is 10.6 Å². The van der Waals surface area contributed by atoms with Crippen molar-refractivity contribution < 1.29 is 4.79 Å². The first-order chi connectivity index (χ1) is 8.99. The molecule has 2 rings (SSSR count). The van der Waals surface area contributed by atoms with Crippen molar-refractivity contribution in [2.24, 2.45) is 0 Å². The number of rotatable bonds is 2. The van der Waals surface area contributed by atoms with Gasteiger partial charge in [0.25, 0.3) is 5.91 Å². The Hall–Kier alpha value is -0.590. The van der Waals surface area contributed by atoms with E-state index in [0.717, 1.165) is 19.3 Å². The zero-order valence-corrected chi connectivity index (χ0v) is 14.5. The highest BCUT2D eigenvalue weighted by molar-refractivity contribution is 14.1. The molecule has 2 aromatic carbocycles. The summed E-state index contributed by atoms with van der Waals surface area (Å²) in [5, 5.41) is 3.42. The van der Waals surface area contributed by atoms with E-state index in [-0.39, 0.29) is 5.91 Å². The summed E-state index contributed by atoms with van der Waals surface area (Å²) in [6.45, 7) is 1.98. The van der Waals surface area contributed by atoms with E-state index in [1.807, 2.05) is 25.1 Å². The minimum absolute atomic E-state index is 0.167. The van der Waals surface area contributed by atoms with Crippen molar-refractivity contribution >= 4 is 61.7 Å². The third-order valence-corrected chi connectivity index (χ3v) is 5.10. The summed E-state index contributed by atoms with van der Waals surface area (Å²) in [5.41, 5.74) is 2.40. The van der Waals surface area contributed by atoms with Crippen LogP contribution in [-0.2, 0) is 0 Å². The molecule has 0 fully saturated rings. The first kappa shape index (κ1) is 14.8. The van der Waals surface area contributed by atoms with Gasteiger partial charge < -0.3 is 5.32 Å². The Morgan fingerprint density at radius 3 is 2.74 bits per heavy atom. The van der Waals surface area contributed by atoms with Crippen LogP contribution in [0.4, 0.5) is 5.69 Å². The lowest BCUT2D eigenvalue weighted by atomic mass is 10.1. The average molecular weight is 451 g/mol. The lowest BCUT2D eigenvalue weighted by molar-refractivity contribution is 0.102. The number of amides is 1. The van der Waals surface area contributed by atoms with E-state index in [4.69, 9.17) is 11.6 Å². The van der Waals surface area contributed by atoms with Gasteiger partial charge in [-0.1, -0.05) is 17.7 Å². The molecule has 0 aliphatic rings. The Morgan fingerprint density at radius 1 is 1.32 bits per heavy atom. The highest BCUT2D eigenvalue weighted by Gasteiger charge is 2.10. The monoisotopic (exact) mass is 449 g/mol. The predicted octanol–water partition coefficient (Wildman–Crippen LogP) is 5.27. The van der Waals surface area contributed by atoms with Gasteiger partial charge in [-0.15, -0.1) is 0 Å². The summed E-state index contributed by atoms with van der Waals surface area (Å²) in [6.07, 6.45) is 0. The van der Waals surface area contributed by atoms with Crippen molar-refractivity contribution in [3.05, 3.63) is 60.6 Å². The summed E-state index contributed by atoms with van der Waals surface area (Å²) in [7, 11) is 0. The molecule has 0 bridgehead atoms. The smallest absolute Gasteiger partial charge is 0.255 e. The lowest BCUT2D eigenvalue weighted by Crippen LogP contribution is -2.13. The van der Waals surface area contributed by atoms with Gasteiger partial charge >= 0.3 is 0 Å². The number of anilines is 1. The summed E-state index contributed by atoms with van der Waals surface area (Å²) < 4.78 is 1.89. The van der Waals surface area contributed by atoms with Gasteiger partial charge in [0.1, 0.15) is 0 Å². The maximum atomic E-state index is 12.2. The van der Waals surface area contributed by atoms with Crippen LogP contribution in [0.25, 0.3) is 0 Å². The van der Waals surface area contributed by atoms with E-state index >= 15 is 0 Å². The minimum Gasteiger partial charge on any atom is -0.322 e. The average Bonchev–Trinajstić information content (AvgIpc) is 2.38. The van der Waals surface area contributed by atoms with Crippen LogP contribution in [-0.4, -0.2) is 5.91 Å². The van der Waals surface area contributed by atoms with Crippen molar-refractivity contribution in [1.29, 1.82) is 0 Å². The van der Waals surface area contributed by atoms with E-state index in [9.17, 15) is 4.79 Å². The van der Waals surface area contributed by atoms with Crippen LogP contribution in [0.1, 0.15) is 15.9 Å². The SMILES string of the molecule is Cc1c(I)cccc1NC(=O)c1ccc(Br)c(Cl)c1. The number of carbonyl (C=O) groups is 1. The molecule has 19 heavy (non-hydrogen) atoms. The number of benzene rings is 2. The van der Waals surface area contributed by atoms with Gasteiger partial charge in [0.15, 0.2) is 0 Å². The fraction of sp³-hybridized carbons (Fsp3) is 0.0714. The summed E-state index contributed by atoms with van der Waals surface area (Å²) >= 11 is 11.5. The van der Waals surface area contributed by atoms with Crippen molar-refractivity contribution in [3.8, 4) is 0 Å². The van der Waals surface area contributed by atoms with Crippen LogP contribution in [0.2, 0.25) is 5.02 Å². The number of hydrogen-bond donors (Lipinski definition) is 1. The Morgan fingerprint density at radius 2 is 2.05 bits per heavy atom. The Balaban J connectivity index is 2.26. The largest absolute Gasteiger partial charge is 0.322 e. The normalized spacial score (nSPS) is 10.3. The van der Waals surface area contributed by atoms with Crippen LogP contribution in [0.3, 0.4) is 0 Å². The quantitative estimate of drug-likeness (QED) is 0.621. The second-order valence-electron chi connectivity index (χ2n) is 4.00. The highest BCUT2D eigenvalue weighted by atomic mass is 127. The molecule has 0 aliphatic heterocycles. The predicted molar refractivity (Wildman–Crippen MR) is 91.0 cm³/mol. The molecule has 0 spiro atoms. The zero-order valence-electron chi connectivity index (χ0n) is 10.0. The highest BCUT2D eigenvalue weighted by Crippen LogP contribution is 2.25. The molecule has 0 aliphatic carbocycles. The first-order valence-corrected chi connectivity index (χ1v) is 7.75. The second-order valence-corrected chi connectivity index (χ2v) is 6.42.